The molecule has 0 bridgehead atoms. The van der Waals surface area contributed by atoms with Gasteiger partial charge in [-0.2, -0.15) is 0 Å². The molecule has 2 N–H and O–H groups in total. The van der Waals surface area contributed by atoms with E-state index in [1.807, 2.05) is 66.7 Å². The first-order chi connectivity index (χ1) is 16.0. The molecule has 0 saturated carbocycles. The van der Waals surface area contributed by atoms with Gasteiger partial charge in [0.05, 0.1) is 23.8 Å². The molecule has 5 nitrogen and oxygen atoms in total. The minimum absolute atomic E-state index is 0.537. The number of rotatable bonds is 6. The van der Waals surface area contributed by atoms with Gasteiger partial charge in [-0.25, -0.2) is 14.8 Å². The van der Waals surface area contributed by atoms with Crippen LogP contribution in [0.15, 0.2) is 79.1 Å². The summed E-state index contributed by atoms with van der Waals surface area (Å²) in [6.07, 6.45) is 4.84. The highest BCUT2D eigenvalue weighted by molar-refractivity contribution is 6.33. The van der Waals surface area contributed by atoms with Crippen LogP contribution < -0.4 is 10.6 Å². The van der Waals surface area contributed by atoms with Gasteiger partial charge >= 0.3 is 6.03 Å². The van der Waals surface area contributed by atoms with Gasteiger partial charge in [0.1, 0.15) is 0 Å². The van der Waals surface area contributed by atoms with Gasteiger partial charge in [0, 0.05) is 16.1 Å². The van der Waals surface area contributed by atoms with Gasteiger partial charge in [0.2, 0.25) is 0 Å². The lowest BCUT2D eigenvalue weighted by atomic mass is 10.0. The zero-order valence-electron chi connectivity index (χ0n) is 18.6. The molecule has 1 heterocycles. The molecule has 0 aliphatic heterocycles. The van der Waals surface area contributed by atoms with Crippen LogP contribution in [-0.2, 0) is 12.8 Å². The molecule has 0 spiro atoms. The lowest BCUT2D eigenvalue weighted by molar-refractivity contribution is 0.256. The zero-order valence-corrected chi connectivity index (χ0v) is 19.4. The van der Waals surface area contributed by atoms with Crippen LogP contribution in [0.2, 0.25) is 5.02 Å². The van der Waals surface area contributed by atoms with Crippen molar-refractivity contribution in [2.75, 3.05) is 4.90 Å². The minimum Gasteiger partial charge on any atom is -0.351 e. The molecule has 0 aliphatic carbocycles. The van der Waals surface area contributed by atoms with Crippen molar-refractivity contribution in [3.8, 4) is 22.5 Å². The van der Waals surface area contributed by atoms with E-state index in [4.69, 9.17) is 17.3 Å². The smallest absolute Gasteiger partial charge is 0.324 e. The van der Waals surface area contributed by atoms with Crippen LogP contribution in [0, 0.1) is 0 Å². The third kappa shape index (κ3) is 4.59. The number of benzene rings is 3. The number of amides is 2. The van der Waals surface area contributed by atoms with Crippen LogP contribution >= 0.6 is 11.6 Å². The van der Waals surface area contributed by atoms with Crippen molar-refractivity contribution in [1.29, 1.82) is 0 Å². The maximum absolute atomic E-state index is 12.5. The van der Waals surface area contributed by atoms with E-state index < -0.39 is 6.03 Å². The summed E-state index contributed by atoms with van der Waals surface area (Å²) in [6.45, 7) is 4.12. The molecule has 0 aliphatic rings. The van der Waals surface area contributed by atoms with E-state index in [0.29, 0.717) is 16.5 Å². The molecule has 0 radical (unpaired) electrons. The lowest BCUT2D eigenvalue weighted by Crippen LogP contribution is -2.33. The highest BCUT2D eigenvalue weighted by Crippen LogP contribution is 2.33. The number of nitrogens with two attached hydrogens (primary N) is 1. The molecule has 0 saturated heterocycles. The monoisotopic (exact) mass is 456 g/mol. The number of carbonyl (C=O) groups excluding carboxylic acids is 1. The third-order valence-electron chi connectivity index (χ3n) is 5.63. The molecule has 0 unspecified atom stereocenters. The predicted molar refractivity (Wildman–Crippen MR) is 135 cm³/mol. The van der Waals surface area contributed by atoms with E-state index in [1.165, 1.54) is 4.90 Å². The number of carbonyl (C=O) groups is 1. The fourth-order valence-electron chi connectivity index (χ4n) is 3.95. The van der Waals surface area contributed by atoms with Gasteiger partial charge in [-0.15, -0.1) is 0 Å². The Bertz CT molecular complexity index is 1250. The quantitative estimate of drug-likeness (QED) is 0.346. The molecular weight excluding hydrogens is 432 g/mol. The predicted octanol–water partition coefficient (Wildman–Crippen LogP) is 6.81. The Labute approximate surface area is 198 Å². The van der Waals surface area contributed by atoms with E-state index in [9.17, 15) is 4.79 Å². The summed E-state index contributed by atoms with van der Waals surface area (Å²) in [5.74, 6) is 0.563. The van der Waals surface area contributed by atoms with Crippen molar-refractivity contribution >= 4 is 29.0 Å². The lowest BCUT2D eigenvalue weighted by Gasteiger charge is -2.25. The van der Waals surface area contributed by atoms with Crippen LogP contribution in [0.5, 0.6) is 0 Å². The molecule has 6 heteroatoms. The summed E-state index contributed by atoms with van der Waals surface area (Å²) in [4.78, 5) is 23.0. The third-order valence-corrected chi connectivity index (χ3v) is 5.96. The van der Waals surface area contributed by atoms with Crippen molar-refractivity contribution in [1.82, 2.24) is 9.97 Å². The van der Waals surface area contributed by atoms with E-state index in [2.05, 4.69) is 23.8 Å². The summed E-state index contributed by atoms with van der Waals surface area (Å²) in [7, 11) is 0. The van der Waals surface area contributed by atoms with Gasteiger partial charge in [-0.3, -0.25) is 4.90 Å². The van der Waals surface area contributed by atoms with Crippen molar-refractivity contribution in [2.24, 2.45) is 5.73 Å². The van der Waals surface area contributed by atoms with Crippen LogP contribution in [0.3, 0.4) is 0 Å². The van der Waals surface area contributed by atoms with Crippen molar-refractivity contribution < 1.29 is 4.79 Å². The summed E-state index contributed by atoms with van der Waals surface area (Å²) < 4.78 is 0. The number of primary amides is 1. The summed E-state index contributed by atoms with van der Waals surface area (Å²) in [5.41, 5.74) is 12.1. The number of para-hydroxylation sites is 1. The molecule has 0 atom stereocenters. The van der Waals surface area contributed by atoms with Gasteiger partial charge in [0.25, 0.3) is 0 Å². The number of urea groups is 1. The van der Waals surface area contributed by atoms with E-state index >= 15 is 0 Å². The first-order valence-corrected chi connectivity index (χ1v) is 11.3. The number of hydrogen-bond acceptors (Lipinski definition) is 3. The second kappa shape index (κ2) is 9.84. The Morgan fingerprint density at radius 2 is 1.42 bits per heavy atom. The molecule has 33 heavy (non-hydrogen) atoms. The van der Waals surface area contributed by atoms with Crippen LogP contribution in [-0.4, -0.2) is 16.0 Å². The first-order valence-electron chi connectivity index (χ1n) is 10.9. The maximum atomic E-state index is 12.5. The van der Waals surface area contributed by atoms with Gasteiger partial charge in [-0.05, 0) is 35.6 Å². The fourth-order valence-corrected chi connectivity index (χ4v) is 4.19. The van der Waals surface area contributed by atoms with Gasteiger partial charge in [-0.1, -0.05) is 86.1 Å². The fraction of sp³-hybridized carbons (Fsp3) is 0.148. The normalized spacial score (nSPS) is 10.8. The minimum atomic E-state index is -0.564. The molecule has 4 rings (SSSR count). The average molecular weight is 457 g/mol. The topological polar surface area (TPSA) is 72.1 Å². The zero-order chi connectivity index (χ0) is 23.4. The Balaban J connectivity index is 1.67. The Kier molecular flexibility index (Phi) is 6.71. The number of anilines is 2. The average Bonchev–Trinajstić information content (AvgIpc) is 2.85. The summed E-state index contributed by atoms with van der Waals surface area (Å²) in [5, 5.41) is 0.705. The highest BCUT2D eigenvalue weighted by Gasteiger charge is 2.21. The Morgan fingerprint density at radius 3 is 1.97 bits per heavy atom. The standard InChI is InChI=1S/C27H25ClN4O/c1-3-18-8-7-9-19(4-2)25(18)32(27(29)33)22-16-30-26(31-17-22)21-14-12-20(13-15-21)23-10-5-6-11-24(23)28/h5-17H,3-4H2,1-2H3,(H2,29,33). The first kappa shape index (κ1) is 22.5. The van der Waals surface area contributed by atoms with Crippen LogP contribution in [0.1, 0.15) is 25.0 Å². The second-order valence-electron chi connectivity index (χ2n) is 7.63. The maximum Gasteiger partial charge on any atom is 0.324 e. The van der Waals surface area contributed by atoms with Gasteiger partial charge in [0.15, 0.2) is 5.82 Å². The van der Waals surface area contributed by atoms with Crippen molar-refractivity contribution in [2.45, 2.75) is 26.7 Å². The Morgan fingerprint density at radius 1 is 0.848 bits per heavy atom. The van der Waals surface area contributed by atoms with Crippen molar-refractivity contribution in [3.05, 3.63) is 95.3 Å². The molecular formula is C27H25ClN4O. The van der Waals surface area contributed by atoms with E-state index in [1.54, 1.807) is 12.4 Å². The summed E-state index contributed by atoms with van der Waals surface area (Å²) >= 11 is 6.31. The largest absolute Gasteiger partial charge is 0.351 e. The highest BCUT2D eigenvalue weighted by atomic mass is 35.5. The number of hydrogen-bond donors (Lipinski definition) is 1. The number of aryl methyl sites for hydroxylation is 2. The molecule has 3 aromatic carbocycles. The number of halogens is 1. The molecule has 0 fully saturated rings. The SMILES string of the molecule is CCc1cccc(CC)c1N(C(N)=O)c1cnc(-c2ccc(-c3ccccc3Cl)cc2)nc1. The number of nitrogens with zero attached hydrogens (tertiary/aromatic N) is 3. The molecule has 1 aromatic heterocycles. The molecule has 2 amide bonds. The van der Waals surface area contributed by atoms with Crippen LogP contribution in [0.25, 0.3) is 22.5 Å². The van der Waals surface area contributed by atoms with Gasteiger partial charge < -0.3 is 5.73 Å². The second-order valence-corrected chi connectivity index (χ2v) is 8.03. The van der Waals surface area contributed by atoms with E-state index in [0.717, 1.165) is 46.3 Å². The Hall–Kier alpha value is -3.70. The van der Waals surface area contributed by atoms with E-state index in [-0.39, 0.29) is 0 Å². The molecule has 4 aromatic rings. The summed E-state index contributed by atoms with van der Waals surface area (Å²) in [6, 6.07) is 21.1. The number of aromatic nitrogens is 2. The van der Waals surface area contributed by atoms with Crippen LogP contribution in [0.4, 0.5) is 16.2 Å². The van der Waals surface area contributed by atoms with Crippen molar-refractivity contribution in [3.63, 3.8) is 0 Å². The molecule has 166 valence electrons.